The van der Waals surface area contributed by atoms with Crippen LogP contribution in [0.3, 0.4) is 0 Å². The highest BCUT2D eigenvalue weighted by atomic mass is 14.4. The zero-order chi connectivity index (χ0) is 18.1. The van der Waals surface area contributed by atoms with Crippen molar-refractivity contribution in [1.82, 2.24) is 0 Å². The number of fused-ring (bicyclic) bond motifs is 1. The normalized spacial score (nSPS) is 15.3. The molecule has 0 fully saturated rings. The van der Waals surface area contributed by atoms with E-state index in [1.807, 2.05) is 0 Å². The first-order chi connectivity index (χ1) is 12.0. The van der Waals surface area contributed by atoms with E-state index in [2.05, 4.69) is 64.1 Å². The monoisotopic (exact) mass is 340 g/mol. The number of rotatable bonds is 12. The molecule has 0 atom stereocenters. The molecule has 140 valence electrons. The van der Waals surface area contributed by atoms with Gasteiger partial charge in [-0.3, -0.25) is 0 Å². The van der Waals surface area contributed by atoms with E-state index in [9.17, 15) is 0 Å². The van der Waals surface area contributed by atoms with E-state index >= 15 is 0 Å². The molecule has 1 aromatic carbocycles. The van der Waals surface area contributed by atoms with E-state index in [1.54, 1.807) is 5.56 Å². The van der Waals surface area contributed by atoms with Crippen molar-refractivity contribution in [3.8, 4) is 0 Å². The van der Waals surface area contributed by atoms with E-state index < -0.39 is 0 Å². The highest BCUT2D eigenvalue weighted by Gasteiger charge is 2.33. The third kappa shape index (κ3) is 6.32. The molecule has 0 radical (unpaired) electrons. The molecule has 0 aliphatic heterocycles. The number of unbranched alkanes of at least 4 members (excludes halogenated alkanes) is 4. The van der Waals surface area contributed by atoms with E-state index in [-0.39, 0.29) is 0 Å². The van der Waals surface area contributed by atoms with Crippen molar-refractivity contribution >= 4 is 6.08 Å². The summed E-state index contributed by atoms with van der Waals surface area (Å²) in [4.78, 5) is 0. The van der Waals surface area contributed by atoms with Crippen LogP contribution in [0.2, 0.25) is 0 Å². The van der Waals surface area contributed by atoms with Gasteiger partial charge in [0, 0.05) is 5.41 Å². The summed E-state index contributed by atoms with van der Waals surface area (Å²) < 4.78 is 0. The second-order valence-electron chi connectivity index (χ2n) is 9.06. The molecule has 0 heteroatoms. The van der Waals surface area contributed by atoms with Gasteiger partial charge in [-0.05, 0) is 35.8 Å². The van der Waals surface area contributed by atoms with Gasteiger partial charge in [-0.2, -0.15) is 0 Å². The minimum atomic E-state index is 0.326. The Bertz CT molecular complexity index is 503. The van der Waals surface area contributed by atoms with Crippen molar-refractivity contribution < 1.29 is 0 Å². The molecule has 0 spiro atoms. The fourth-order valence-electron chi connectivity index (χ4n) is 4.34. The minimum Gasteiger partial charge on any atom is -0.0733 e. The Labute approximate surface area is 157 Å². The molecule has 2 rings (SSSR count). The predicted octanol–water partition coefficient (Wildman–Crippen LogP) is 8.16. The van der Waals surface area contributed by atoms with Crippen LogP contribution < -0.4 is 0 Å². The van der Waals surface area contributed by atoms with Gasteiger partial charge in [0.25, 0.3) is 0 Å². The molecule has 0 unspecified atom stereocenters. The summed E-state index contributed by atoms with van der Waals surface area (Å²) in [7, 11) is 0. The van der Waals surface area contributed by atoms with Crippen LogP contribution >= 0.6 is 0 Å². The fraction of sp³-hybridized carbons (Fsp3) is 0.680. The highest BCUT2D eigenvalue weighted by molar-refractivity contribution is 5.65. The summed E-state index contributed by atoms with van der Waals surface area (Å²) >= 11 is 0. The average Bonchev–Trinajstić information content (AvgIpc) is 2.93. The second-order valence-corrected chi connectivity index (χ2v) is 9.06. The Morgan fingerprint density at radius 2 is 1.28 bits per heavy atom. The van der Waals surface area contributed by atoms with Gasteiger partial charge in [-0.15, -0.1) is 0 Å². The molecule has 0 saturated carbocycles. The maximum absolute atomic E-state index is 2.54. The van der Waals surface area contributed by atoms with Crippen LogP contribution in [-0.4, -0.2) is 0 Å². The van der Waals surface area contributed by atoms with Crippen molar-refractivity contribution in [2.75, 3.05) is 0 Å². The lowest BCUT2D eigenvalue weighted by Gasteiger charge is -2.30. The summed E-state index contributed by atoms with van der Waals surface area (Å²) in [5.41, 5.74) is 3.39. The smallest absolute Gasteiger partial charge is 0.0141 e. The van der Waals surface area contributed by atoms with Crippen molar-refractivity contribution in [1.29, 1.82) is 0 Å². The van der Waals surface area contributed by atoms with Gasteiger partial charge in [-0.1, -0.05) is 115 Å². The van der Waals surface area contributed by atoms with Crippen LogP contribution in [0, 0.1) is 11.8 Å². The number of allylic oxidation sites excluding steroid dienone is 1. The first kappa shape index (κ1) is 20.3. The molecule has 25 heavy (non-hydrogen) atoms. The van der Waals surface area contributed by atoms with Crippen molar-refractivity contribution in [3.63, 3.8) is 0 Å². The molecule has 0 aromatic heterocycles. The maximum atomic E-state index is 2.54. The lowest BCUT2D eigenvalue weighted by Crippen LogP contribution is -2.22. The number of hydrogen-bond donors (Lipinski definition) is 0. The zero-order valence-electron chi connectivity index (χ0n) is 17.2. The molecule has 0 heterocycles. The molecule has 0 N–H and O–H groups in total. The summed E-state index contributed by atoms with van der Waals surface area (Å²) in [6, 6.07) is 9.10. The quantitative estimate of drug-likeness (QED) is 0.337. The van der Waals surface area contributed by atoms with Crippen LogP contribution in [0.5, 0.6) is 0 Å². The number of hydrogen-bond acceptors (Lipinski definition) is 0. The van der Waals surface area contributed by atoms with E-state index in [0.29, 0.717) is 5.41 Å². The van der Waals surface area contributed by atoms with Crippen LogP contribution in [0.4, 0.5) is 0 Å². The Hall–Kier alpha value is -1.04. The minimum absolute atomic E-state index is 0.326. The summed E-state index contributed by atoms with van der Waals surface area (Å²) in [5, 5.41) is 0. The summed E-state index contributed by atoms with van der Waals surface area (Å²) in [6.45, 7) is 9.37. The molecular formula is C25H40. The van der Waals surface area contributed by atoms with Crippen LogP contribution in [-0.2, 0) is 5.41 Å². The van der Waals surface area contributed by atoms with E-state index in [4.69, 9.17) is 0 Å². The number of benzene rings is 1. The second kappa shape index (κ2) is 10.2. The standard InChI is InChI=1S/C25H40/c1-21(2)13-7-5-11-18-25(19-12-6-8-14-22(3)4)20-17-23-15-9-10-16-24(23)25/h9-10,15-17,20-22H,5-8,11-14,18-19H2,1-4H3. The molecule has 1 aliphatic carbocycles. The third-order valence-corrected chi connectivity index (χ3v) is 5.89. The Balaban J connectivity index is 1.90. The lowest BCUT2D eigenvalue weighted by atomic mass is 9.74. The van der Waals surface area contributed by atoms with Gasteiger partial charge >= 0.3 is 0 Å². The average molecular weight is 341 g/mol. The largest absolute Gasteiger partial charge is 0.0733 e. The maximum Gasteiger partial charge on any atom is 0.0141 e. The van der Waals surface area contributed by atoms with Gasteiger partial charge in [0.2, 0.25) is 0 Å². The van der Waals surface area contributed by atoms with Crippen LogP contribution in [0.15, 0.2) is 30.3 Å². The molecule has 1 aliphatic rings. The van der Waals surface area contributed by atoms with Gasteiger partial charge in [0.05, 0.1) is 0 Å². The van der Waals surface area contributed by atoms with E-state index in [1.165, 1.54) is 69.8 Å². The summed E-state index contributed by atoms with van der Waals surface area (Å²) in [6.07, 6.45) is 18.7. The molecule has 0 bridgehead atoms. The Kier molecular flexibility index (Phi) is 8.27. The molecular weight excluding hydrogens is 300 g/mol. The zero-order valence-corrected chi connectivity index (χ0v) is 17.2. The fourth-order valence-corrected chi connectivity index (χ4v) is 4.34. The Morgan fingerprint density at radius 3 is 1.84 bits per heavy atom. The summed E-state index contributed by atoms with van der Waals surface area (Å²) in [5.74, 6) is 1.70. The van der Waals surface area contributed by atoms with Crippen LogP contribution in [0.25, 0.3) is 6.08 Å². The van der Waals surface area contributed by atoms with E-state index in [0.717, 1.165) is 11.8 Å². The highest BCUT2D eigenvalue weighted by Crippen LogP contribution is 2.44. The van der Waals surface area contributed by atoms with Crippen molar-refractivity contribution in [3.05, 3.63) is 41.5 Å². The van der Waals surface area contributed by atoms with Gasteiger partial charge in [-0.25, -0.2) is 0 Å². The SMILES string of the molecule is CC(C)CCCCCC1(CCCCCC(C)C)C=Cc2ccccc21. The molecule has 0 amide bonds. The lowest BCUT2D eigenvalue weighted by molar-refractivity contribution is 0.400. The first-order valence-electron chi connectivity index (χ1n) is 10.8. The van der Waals surface area contributed by atoms with Crippen molar-refractivity contribution in [2.24, 2.45) is 11.8 Å². The van der Waals surface area contributed by atoms with Crippen LogP contribution in [0.1, 0.15) is 103 Å². The molecule has 0 saturated heterocycles. The molecule has 0 nitrogen and oxygen atoms in total. The first-order valence-corrected chi connectivity index (χ1v) is 10.8. The van der Waals surface area contributed by atoms with Gasteiger partial charge in [0.1, 0.15) is 0 Å². The molecule has 1 aromatic rings. The van der Waals surface area contributed by atoms with Crippen molar-refractivity contribution in [2.45, 2.75) is 97.3 Å². The topological polar surface area (TPSA) is 0 Å². The predicted molar refractivity (Wildman–Crippen MR) is 113 cm³/mol. The third-order valence-electron chi connectivity index (χ3n) is 5.89. The van der Waals surface area contributed by atoms with Gasteiger partial charge < -0.3 is 0 Å². The van der Waals surface area contributed by atoms with Gasteiger partial charge in [0.15, 0.2) is 0 Å². The Morgan fingerprint density at radius 1 is 0.720 bits per heavy atom.